The molecule has 1 atom stereocenters. The van der Waals surface area contributed by atoms with Crippen LogP contribution in [0.2, 0.25) is 5.02 Å². The van der Waals surface area contributed by atoms with Crippen molar-refractivity contribution in [2.24, 2.45) is 0 Å². The predicted molar refractivity (Wildman–Crippen MR) is 87.7 cm³/mol. The van der Waals surface area contributed by atoms with E-state index in [4.69, 9.17) is 11.6 Å². The molecule has 0 bridgehead atoms. The summed E-state index contributed by atoms with van der Waals surface area (Å²) in [6.45, 7) is 1.29. The Labute approximate surface area is 133 Å². The topological polar surface area (TPSA) is 49.4 Å². The highest BCUT2D eigenvalue weighted by atomic mass is 35.5. The van der Waals surface area contributed by atoms with Gasteiger partial charge in [-0.3, -0.25) is 0 Å². The van der Waals surface area contributed by atoms with Crippen molar-refractivity contribution in [2.75, 3.05) is 20.1 Å². The molecule has 0 amide bonds. The molecule has 1 fully saturated rings. The number of rotatable bonds is 4. The van der Waals surface area contributed by atoms with Crippen molar-refractivity contribution < 1.29 is 8.42 Å². The third kappa shape index (κ3) is 2.83. The Bertz CT molecular complexity index is 757. The van der Waals surface area contributed by atoms with E-state index in [1.807, 2.05) is 19.2 Å². The molecular weight excluding hydrogens is 328 g/mol. The fourth-order valence-electron chi connectivity index (χ4n) is 2.80. The Morgan fingerprint density at radius 3 is 3.00 bits per heavy atom. The lowest BCUT2D eigenvalue weighted by Gasteiger charge is -2.22. The Kier molecular flexibility index (Phi) is 4.25. The zero-order valence-corrected chi connectivity index (χ0v) is 14.1. The number of benzene rings is 1. The number of nitrogens with one attached hydrogen (secondary N) is 1. The maximum atomic E-state index is 12.8. The third-order valence-electron chi connectivity index (χ3n) is 3.78. The fraction of sp³-hybridized carbons (Fsp3) is 0.429. The van der Waals surface area contributed by atoms with Crippen molar-refractivity contribution in [3.63, 3.8) is 0 Å². The van der Waals surface area contributed by atoms with E-state index in [2.05, 4.69) is 5.32 Å². The molecule has 1 saturated heterocycles. The molecular formula is C14H17ClN2O2S2. The van der Waals surface area contributed by atoms with Crippen molar-refractivity contribution in [1.82, 2.24) is 9.62 Å². The van der Waals surface area contributed by atoms with Crippen LogP contribution >= 0.6 is 22.9 Å². The van der Waals surface area contributed by atoms with Gasteiger partial charge in [0.2, 0.25) is 0 Å². The van der Waals surface area contributed by atoms with Gasteiger partial charge in [0.05, 0.1) is 0 Å². The Morgan fingerprint density at radius 2 is 2.24 bits per heavy atom. The maximum Gasteiger partial charge on any atom is 0.252 e. The van der Waals surface area contributed by atoms with E-state index in [1.165, 1.54) is 11.3 Å². The third-order valence-corrected chi connectivity index (χ3v) is 7.53. The van der Waals surface area contributed by atoms with Gasteiger partial charge >= 0.3 is 0 Å². The van der Waals surface area contributed by atoms with Crippen LogP contribution in [0.4, 0.5) is 0 Å². The molecule has 1 aromatic heterocycles. The first-order chi connectivity index (χ1) is 10.0. The molecule has 114 valence electrons. The molecule has 0 radical (unpaired) electrons. The molecule has 0 spiro atoms. The highest BCUT2D eigenvalue weighted by molar-refractivity contribution is 7.91. The number of hydrogen-bond donors (Lipinski definition) is 1. The molecule has 2 aromatic rings. The minimum absolute atomic E-state index is 0.0498. The van der Waals surface area contributed by atoms with Gasteiger partial charge in [0.15, 0.2) is 0 Å². The number of halogens is 1. The largest absolute Gasteiger partial charge is 0.318 e. The molecule has 2 heterocycles. The molecule has 1 aromatic carbocycles. The van der Waals surface area contributed by atoms with Gasteiger partial charge in [0, 0.05) is 28.9 Å². The average molecular weight is 345 g/mol. The minimum Gasteiger partial charge on any atom is -0.318 e. The number of hydrogen-bond acceptors (Lipinski definition) is 4. The number of sulfonamides is 1. The minimum atomic E-state index is -3.42. The average Bonchev–Trinajstić information content (AvgIpc) is 3.05. The smallest absolute Gasteiger partial charge is 0.252 e. The van der Waals surface area contributed by atoms with Gasteiger partial charge in [-0.15, -0.1) is 11.3 Å². The van der Waals surface area contributed by atoms with Crippen LogP contribution in [0.15, 0.2) is 28.5 Å². The summed E-state index contributed by atoms with van der Waals surface area (Å²) in [5.74, 6) is 0. The first-order valence-corrected chi connectivity index (χ1v) is 9.51. The van der Waals surface area contributed by atoms with E-state index in [0.717, 1.165) is 22.9 Å². The normalized spacial score (nSPS) is 20.4. The monoisotopic (exact) mass is 344 g/mol. The van der Waals surface area contributed by atoms with Gasteiger partial charge in [-0.25, -0.2) is 8.42 Å². The highest BCUT2D eigenvalue weighted by Crippen LogP contribution is 2.34. The molecule has 7 heteroatoms. The number of thiophene rings is 1. The quantitative estimate of drug-likeness (QED) is 0.927. The van der Waals surface area contributed by atoms with Crippen molar-refractivity contribution in [2.45, 2.75) is 23.1 Å². The molecule has 21 heavy (non-hydrogen) atoms. The molecule has 0 aliphatic carbocycles. The molecule has 1 N–H and O–H groups in total. The molecule has 1 aliphatic rings. The van der Waals surface area contributed by atoms with Crippen LogP contribution < -0.4 is 5.32 Å². The van der Waals surface area contributed by atoms with Crippen LogP contribution in [0.1, 0.15) is 12.8 Å². The van der Waals surface area contributed by atoms with Crippen molar-refractivity contribution in [1.29, 1.82) is 0 Å². The maximum absolute atomic E-state index is 12.8. The number of likely N-dealkylation sites (N-methyl/N-ethyl adjacent to an activating group) is 1. The number of fused-ring (bicyclic) bond motifs is 1. The Morgan fingerprint density at radius 1 is 1.43 bits per heavy atom. The van der Waals surface area contributed by atoms with E-state index in [0.29, 0.717) is 22.3 Å². The van der Waals surface area contributed by atoms with Crippen LogP contribution in [0.3, 0.4) is 0 Å². The summed E-state index contributed by atoms with van der Waals surface area (Å²) >= 11 is 7.28. The molecule has 3 rings (SSSR count). The predicted octanol–water partition coefficient (Wildman–Crippen LogP) is 2.93. The van der Waals surface area contributed by atoms with Crippen LogP contribution in [0, 0.1) is 0 Å². The summed E-state index contributed by atoms with van der Waals surface area (Å²) in [6.07, 6.45) is 1.83. The second-order valence-electron chi connectivity index (χ2n) is 5.22. The first-order valence-electron chi connectivity index (χ1n) is 6.88. The SMILES string of the molecule is CNCC1CCCN1S(=O)(=O)c1cc2cc(Cl)ccc2s1. The molecule has 0 saturated carbocycles. The van der Waals surface area contributed by atoms with Crippen molar-refractivity contribution in [3.05, 3.63) is 29.3 Å². The van der Waals surface area contributed by atoms with Crippen molar-refractivity contribution >= 4 is 43.0 Å². The lowest BCUT2D eigenvalue weighted by molar-refractivity contribution is 0.380. The van der Waals surface area contributed by atoms with E-state index >= 15 is 0 Å². The van der Waals surface area contributed by atoms with E-state index in [-0.39, 0.29) is 6.04 Å². The summed E-state index contributed by atoms with van der Waals surface area (Å²) < 4.78 is 28.7. The van der Waals surface area contributed by atoms with Gasteiger partial charge in [-0.1, -0.05) is 11.6 Å². The van der Waals surface area contributed by atoms with Crippen LogP contribution in [0.25, 0.3) is 10.1 Å². The summed E-state index contributed by atoms with van der Waals surface area (Å²) in [6, 6.07) is 7.25. The summed E-state index contributed by atoms with van der Waals surface area (Å²) in [7, 11) is -1.56. The van der Waals surface area contributed by atoms with Gasteiger partial charge in [0.25, 0.3) is 10.0 Å². The van der Waals surface area contributed by atoms with Gasteiger partial charge in [-0.2, -0.15) is 4.31 Å². The molecule has 1 unspecified atom stereocenters. The zero-order valence-electron chi connectivity index (χ0n) is 11.7. The lowest BCUT2D eigenvalue weighted by Crippen LogP contribution is -2.40. The van der Waals surface area contributed by atoms with Gasteiger partial charge < -0.3 is 5.32 Å². The lowest BCUT2D eigenvalue weighted by atomic mass is 10.2. The summed E-state index contributed by atoms with van der Waals surface area (Å²) in [5.41, 5.74) is 0. The summed E-state index contributed by atoms with van der Waals surface area (Å²) in [4.78, 5) is 0. The highest BCUT2D eigenvalue weighted by Gasteiger charge is 2.35. The zero-order chi connectivity index (χ0) is 15.0. The summed E-state index contributed by atoms with van der Waals surface area (Å²) in [5, 5.41) is 4.59. The second kappa shape index (κ2) is 5.85. The molecule has 4 nitrogen and oxygen atoms in total. The fourth-order valence-corrected chi connectivity index (χ4v) is 6.18. The number of nitrogens with zero attached hydrogens (tertiary/aromatic N) is 1. The molecule has 1 aliphatic heterocycles. The van der Waals surface area contributed by atoms with E-state index in [1.54, 1.807) is 16.4 Å². The second-order valence-corrected chi connectivity index (χ2v) is 8.85. The van der Waals surface area contributed by atoms with E-state index < -0.39 is 10.0 Å². The van der Waals surface area contributed by atoms with Crippen LogP contribution in [0.5, 0.6) is 0 Å². The standard InChI is InChI=1S/C14H17ClN2O2S2/c1-16-9-12-3-2-6-17(12)21(18,19)14-8-10-7-11(15)4-5-13(10)20-14/h4-5,7-8,12,16H,2-3,6,9H2,1H3. The van der Waals surface area contributed by atoms with Crippen LogP contribution in [-0.4, -0.2) is 38.9 Å². The Hall–Kier alpha value is -0.660. The van der Waals surface area contributed by atoms with Crippen molar-refractivity contribution in [3.8, 4) is 0 Å². The first kappa shape index (κ1) is 15.2. The van der Waals surface area contributed by atoms with Gasteiger partial charge in [0.1, 0.15) is 4.21 Å². The van der Waals surface area contributed by atoms with E-state index in [9.17, 15) is 8.42 Å². The Balaban J connectivity index is 1.99. The van der Waals surface area contributed by atoms with Crippen LogP contribution in [-0.2, 0) is 10.0 Å². The van der Waals surface area contributed by atoms with Gasteiger partial charge in [-0.05, 0) is 49.5 Å².